The highest BCUT2D eigenvalue weighted by atomic mass is 32.1. The fourth-order valence-electron chi connectivity index (χ4n) is 2.29. The van der Waals surface area contributed by atoms with Gasteiger partial charge in [-0.2, -0.15) is 0 Å². The summed E-state index contributed by atoms with van der Waals surface area (Å²) < 4.78 is 0. The van der Waals surface area contributed by atoms with Crippen LogP contribution in [-0.2, 0) is 9.59 Å². The second kappa shape index (κ2) is 5.55. The minimum atomic E-state index is -0.625. The molecule has 1 aliphatic rings. The molecule has 1 atom stereocenters. The Labute approximate surface area is 123 Å². The molecule has 0 aliphatic carbocycles. The summed E-state index contributed by atoms with van der Waals surface area (Å²) >= 11 is 4.08. The van der Waals surface area contributed by atoms with Crippen molar-refractivity contribution in [3.63, 3.8) is 0 Å². The highest BCUT2D eigenvalue weighted by molar-refractivity contribution is 7.80. The molecular weight excluding hydrogens is 276 g/mol. The second-order valence-corrected chi connectivity index (χ2v) is 6.18. The van der Waals surface area contributed by atoms with Crippen molar-refractivity contribution in [1.29, 1.82) is 0 Å². The number of aromatic nitrogens is 3. The van der Waals surface area contributed by atoms with Crippen LogP contribution in [0.4, 0.5) is 0 Å². The van der Waals surface area contributed by atoms with Crippen molar-refractivity contribution in [3.8, 4) is 0 Å². The molecule has 0 bridgehead atoms. The molecule has 1 saturated heterocycles. The van der Waals surface area contributed by atoms with E-state index in [1.54, 1.807) is 18.7 Å². The van der Waals surface area contributed by atoms with Gasteiger partial charge in [-0.1, -0.05) is 20.8 Å². The molecule has 6 nitrogen and oxygen atoms in total. The molecule has 1 N–H and O–H groups in total. The third-order valence-electron chi connectivity index (χ3n) is 4.01. The van der Waals surface area contributed by atoms with Crippen LogP contribution in [-0.4, -0.2) is 38.3 Å². The van der Waals surface area contributed by atoms with E-state index >= 15 is 0 Å². The highest BCUT2D eigenvalue weighted by Gasteiger charge is 2.40. The van der Waals surface area contributed by atoms with E-state index < -0.39 is 11.3 Å². The second-order valence-electron chi connectivity index (χ2n) is 5.76. The molecular formula is C13H20N4O2S. The SMILES string of the molecule is CCC(C)(C)C(=O)C(=O)N1CCC[C@H]1c1nnc(S)[nH]1. The zero-order valence-electron chi connectivity index (χ0n) is 12.0. The Hall–Kier alpha value is -1.37. The molecule has 1 fully saturated rings. The number of hydrogen-bond acceptors (Lipinski definition) is 5. The number of likely N-dealkylation sites (tertiary alicyclic amines) is 1. The maximum absolute atomic E-state index is 12.4. The van der Waals surface area contributed by atoms with Gasteiger partial charge in [0.05, 0.1) is 6.04 Å². The maximum atomic E-state index is 12.4. The van der Waals surface area contributed by atoms with Gasteiger partial charge in [-0.3, -0.25) is 9.59 Å². The number of carbonyl (C=O) groups excluding carboxylic acids is 2. The number of nitrogens with zero attached hydrogens (tertiary/aromatic N) is 3. The van der Waals surface area contributed by atoms with Gasteiger partial charge in [-0.25, -0.2) is 0 Å². The van der Waals surface area contributed by atoms with Gasteiger partial charge in [0.1, 0.15) is 0 Å². The van der Waals surface area contributed by atoms with Gasteiger partial charge < -0.3 is 9.88 Å². The lowest BCUT2D eigenvalue weighted by molar-refractivity contribution is -0.150. The predicted molar refractivity (Wildman–Crippen MR) is 76.4 cm³/mol. The molecule has 7 heteroatoms. The number of hydrogen-bond donors (Lipinski definition) is 2. The first kappa shape index (κ1) is 15.0. The first-order valence-corrected chi connectivity index (χ1v) is 7.28. The van der Waals surface area contributed by atoms with E-state index in [2.05, 4.69) is 27.8 Å². The predicted octanol–water partition coefficient (Wildman–Crippen LogP) is 1.76. The molecule has 110 valence electrons. The molecule has 0 saturated carbocycles. The Morgan fingerprint density at radius 1 is 1.45 bits per heavy atom. The van der Waals surface area contributed by atoms with Gasteiger partial charge in [-0.05, 0) is 19.3 Å². The molecule has 2 rings (SSSR count). The van der Waals surface area contributed by atoms with Gasteiger partial charge in [0.25, 0.3) is 5.91 Å². The molecule has 1 aliphatic heterocycles. The number of ketones is 1. The van der Waals surface area contributed by atoms with Crippen molar-refractivity contribution in [3.05, 3.63) is 5.82 Å². The lowest BCUT2D eigenvalue weighted by Gasteiger charge is -2.27. The van der Waals surface area contributed by atoms with Crippen LogP contribution in [0.1, 0.15) is 51.9 Å². The fourth-order valence-corrected chi connectivity index (χ4v) is 2.45. The van der Waals surface area contributed by atoms with Gasteiger partial charge in [0.2, 0.25) is 5.78 Å². The number of nitrogens with one attached hydrogen (secondary N) is 1. The fraction of sp³-hybridized carbons (Fsp3) is 0.692. The summed E-state index contributed by atoms with van der Waals surface area (Å²) in [5, 5.41) is 8.20. The Kier molecular flexibility index (Phi) is 4.17. The average Bonchev–Trinajstić information content (AvgIpc) is 3.05. The summed E-state index contributed by atoms with van der Waals surface area (Å²) in [5.41, 5.74) is -0.625. The topological polar surface area (TPSA) is 79.0 Å². The number of thiol groups is 1. The van der Waals surface area contributed by atoms with Crippen LogP contribution >= 0.6 is 12.6 Å². The van der Waals surface area contributed by atoms with Crippen LogP contribution in [0.5, 0.6) is 0 Å². The van der Waals surface area contributed by atoms with Crippen LogP contribution in [0.3, 0.4) is 0 Å². The van der Waals surface area contributed by atoms with Crippen LogP contribution in [0.25, 0.3) is 0 Å². The van der Waals surface area contributed by atoms with Crippen molar-refractivity contribution in [2.45, 2.75) is 51.2 Å². The molecule has 1 aromatic heterocycles. The van der Waals surface area contributed by atoms with Crippen molar-refractivity contribution in [1.82, 2.24) is 20.1 Å². The standard InChI is InChI=1S/C13H20N4O2S/c1-4-13(2,3)9(18)11(19)17-7-5-6-8(17)10-14-12(20)16-15-10/h8H,4-7H2,1-3H3,(H2,14,15,16,20)/t8-/m0/s1. The van der Waals surface area contributed by atoms with E-state index in [0.717, 1.165) is 12.8 Å². The largest absolute Gasteiger partial charge is 0.326 e. The van der Waals surface area contributed by atoms with Gasteiger partial charge in [0, 0.05) is 12.0 Å². The zero-order chi connectivity index (χ0) is 14.9. The van der Waals surface area contributed by atoms with E-state index in [-0.39, 0.29) is 11.8 Å². The van der Waals surface area contributed by atoms with E-state index in [9.17, 15) is 9.59 Å². The quantitative estimate of drug-likeness (QED) is 0.655. The summed E-state index contributed by atoms with van der Waals surface area (Å²) in [4.78, 5) is 29.3. The zero-order valence-corrected chi connectivity index (χ0v) is 12.9. The molecule has 0 radical (unpaired) electrons. The third-order valence-corrected chi connectivity index (χ3v) is 4.22. The van der Waals surface area contributed by atoms with E-state index in [1.165, 1.54) is 0 Å². The van der Waals surface area contributed by atoms with Crippen molar-refractivity contribution < 1.29 is 9.59 Å². The Bertz CT molecular complexity index is 526. The van der Waals surface area contributed by atoms with Crippen LogP contribution in [0.15, 0.2) is 5.16 Å². The number of amides is 1. The summed E-state index contributed by atoms with van der Waals surface area (Å²) in [7, 11) is 0. The summed E-state index contributed by atoms with van der Waals surface area (Å²) in [5.74, 6) is -0.156. The maximum Gasteiger partial charge on any atom is 0.291 e. The Morgan fingerprint density at radius 3 is 2.70 bits per heavy atom. The molecule has 1 amide bonds. The number of rotatable bonds is 4. The van der Waals surface area contributed by atoms with Crippen LogP contribution in [0.2, 0.25) is 0 Å². The summed E-state index contributed by atoms with van der Waals surface area (Å²) in [6.07, 6.45) is 2.28. The van der Waals surface area contributed by atoms with Crippen molar-refractivity contribution in [2.24, 2.45) is 5.41 Å². The van der Waals surface area contributed by atoms with Gasteiger partial charge >= 0.3 is 0 Å². The molecule has 20 heavy (non-hydrogen) atoms. The average molecular weight is 296 g/mol. The van der Waals surface area contributed by atoms with Gasteiger partial charge in [-0.15, -0.1) is 22.8 Å². The van der Waals surface area contributed by atoms with E-state index in [1.807, 2.05) is 6.92 Å². The third kappa shape index (κ3) is 2.72. The van der Waals surface area contributed by atoms with Crippen molar-refractivity contribution >= 4 is 24.3 Å². The Morgan fingerprint density at radius 2 is 2.15 bits per heavy atom. The number of H-pyrrole nitrogens is 1. The number of aromatic amines is 1. The molecule has 0 aromatic carbocycles. The van der Waals surface area contributed by atoms with Crippen LogP contribution < -0.4 is 0 Å². The molecule has 2 heterocycles. The van der Waals surface area contributed by atoms with Crippen molar-refractivity contribution in [2.75, 3.05) is 6.54 Å². The molecule has 0 spiro atoms. The number of Topliss-reactive ketones (excluding diaryl/α,β-unsaturated/α-hetero) is 1. The summed E-state index contributed by atoms with van der Waals surface area (Å²) in [6.45, 7) is 6.10. The first-order valence-electron chi connectivity index (χ1n) is 6.83. The van der Waals surface area contributed by atoms with Crippen LogP contribution in [0, 0.1) is 5.41 Å². The highest BCUT2D eigenvalue weighted by Crippen LogP contribution is 2.32. The normalized spacial score (nSPS) is 19.4. The van der Waals surface area contributed by atoms with E-state index in [4.69, 9.17) is 0 Å². The molecule has 1 aromatic rings. The minimum absolute atomic E-state index is 0.201. The molecule has 0 unspecified atom stereocenters. The minimum Gasteiger partial charge on any atom is -0.326 e. The summed E-state index contributed by atoms with van der Waals surface area (Å²) in [6, 6.07) is -0.201. The van der Waals surface area contributed by atoms with Gasteiger partial charge in [0.15, 0.2) is 11.0 Å². The smallest absolute Gasteiger partial charge is 0.291 e. The number of carbonyl (C=O) groups is 2. The lowest BCUT2D eigenvalue weighted by atomic mass is 9.84. The Balaban J connectivity index is 2.19. The monoisotopic (exact) mass is 296 g/mol. The lowest BCUT2D eigenvalue weighted by Crippen LogP contribution is -2.42. The van der Waals surface area contributed by atoms with E-state index in [0.29, 0.717) is 23.9 Å². The first-order chi connectivity index (χ1) is 9.36.